The number of hydrogen-bond acceptors (Lipinski definition) is 3. The van der Waals surface area contributed by atoms with Crippen molar-refractivity contribution in [1.29, 1.82) is 0 Å². The van der Waals surface area contributed by atoms with Crippen molar-refractivity contribution in [3.63, 3.8) is 0 Å². The van der Waals surface area contributed by atoms with Crippen LogP contribution in [-0.2, 0) is 16.2 Å². The number of benzene rings is 2. The molecular formula is C23H24F2N2O2. The highest BCUT2D eigenvalue weighted by atomic mass is 19.1. The molecule has 0 N–H and O–H groups in total. The highest BCUT2D eigenvalue weighted by Crippen LogP contribution is 2.28. The number of amides is 1. The van der Waals surface area contributed by atoms with Gasteiger partial charge in [-0.2, -0.15) is 0 Å². The number of carbonyl (C=O) groups is 1. The first-order valence-electron chi connectivity index (χ1n) is 10.1. The van der Waals surface area contributed by atoms with Gasteiger partial charge < -0.3 is 9.74 Å². The Labute approximate surface area is 169 Å². The molecule has 1 atom stereocenters. The summed E-state index contributed by atoms with van der Waals surface area (Å²) in [6.07, 6.45) is 4.10. The van der Waals surface area contributed by atoms with Gasteiger partial charge in [-0.15, -0.1) is 0 Å². The Bertz CT molecular complexity index is 895. The average molecular weight is 398 g/mol. The summed E-state index contributed by atoms with van der Waals surface area (Å²) in [5, 5.41) is 4.19. The lowest BCUT2D eigenvalue weighted by Crippen LogP contribution is -2.40. The molecule has 1 aliphatic carbocycles. The third-order valence-electron chi connectivity index (χ3n) is 5.66. The Kier molecular flexibility index (Phi) is 5.88. The van der Waals surface area contributed by atoms with Crippen LogP contribution in [-0.4, -0.2) is 29.2 Å². The second-order valence-electron chi connectivity index (χ2n) is 7.77. The van der Waals surface area contributed by atoms with Gasteiger partial charge in [-0.1, -0.05) is 54.4 Å². The van der Waals surface area contributed by atoms with E-state index in [1.54, 1.807) is 4.90 Å². The number of halogens is 2. The first-order chi connectivity index (χ1) is 14.1. The molecule has 2 aromatic carbocycles. The van der Waals surface area contributed by atoms with Gasteiger partial charge in [0.2, 0.25) is 5.91 Å². The van der Waals surface area contributed by atoms with E-state index in [-0.39, 0.29) is 24.5 Å². The summed E-state index contributed by atoms with van der Waals surface area (Å²) in [5.41, 5.74) is 2.14. The van der Waals surface area contributed by atoms with Crippen LogP contribution in [0.3, 0.4) is 0 Å². The maximum absolute atomic E-state index is 14.2. The van der Waals surface area contributed by atoms with Crippen molar-refractivity contribution < 1.29 is 18.4 Å². The predicted molar refractivity (Wildman–Crippen MR) is 106 cm³/mol. The first kappa shape index (κ1) is 19.6. The zero-order valence-corrected chi connectivity index (χ0v) is 16.2. The second-order valence-corrected chi connectivity index (χ2v) is 7.77. The fourth-order valence-corrected chi connectivity index (χ4v) is 4.09. The van der Waals surface area contributed by atoms with Crippen LogP contribution in [0.15, 0.2) is 53.7 Å². The van der Waals surface area contributed by atoms with Gasteiger partial charge in [-0.3, -0.25) is 4.79 Å². The fourth-order valence-electron chi connectivity index (χ4n) is 4.09. The zero-order chi connectivity index (χ0) is 20.2. The number of oxime groups is 1. The maximum atomic E-state index is 14.2. The van der Waals surface area contributed by atoms with E-state index in [9.17, 15) is 13.6 Å². The smallest absolute Gasteiger partial charge is 0.226 e. The van der Waals surface area contributed by atoms with Crippen LogP contribution in [0.4, 0.5) is 8.78 Å². The normalized spacial score (nSPS) is 19.1. The Morgan fingerprint density at radius 3 is 2.59 bits per heavy atom. The number of carbonyl (C=O) groups excluding carboxylic acids is 1. The molecule has 1 amide bonds. The second kappa shape index (κ2) is 8.72. The lowest BCUT2D eigenvalue weighted by atomic mass is 10.0. The van der Waals surface area contributed by atoms with Gasteiger partial charge in [-0.05, 0) is 24.5 Å². The van der Waals surface area contributed by atoms with E-state index in [0.717, 1.165) is 43.0 Å². The summed E-state index contributed by atoms with van der Waals surface area (Å²) in [6.45, 7) is 0.425. The third kappa shape index (κ3) is 4.63. The third-order valence-corrected chi connectivity index (χ3v) is 5.66. The molecule has 0 saturated heterocycles. The topological polar surface area (TPSA) is 41.9 Å². The van der Waals surface area contributed by atoms with E-state index in [4.69, 9.17) is 4.84 Å². The van der Waals surface area contributed by atoms with Crippen LogP contribution >= 0.6 is 0 Å². The SMILES string of the molecule is O=C(C1CCCC1)N(Cc1ccc(F)cc1F)C[C@@H]1CC(c2ccccc2)=NO1. The summed E-state index contributed by atoms with van der Waals surface area (Å²) in [4.78, 5) is 20.3. The first-order valence-corrected chi connectivity index (χ1v) is 10.1. The molecule has 0 spiro atoms. The molecule has 0 radical (unpaired) electrons. The standard InChI is InChI=1S/C23H24F2N2O2/c24-19-11-10-18(21(25)12-19)14-27(23(28)17-8-4-5-9-17)15-20-13-22(26-29-20)16-6-2-1-3-7-16/h1-3,6-7,10-12,17,20H,4-5,8-9,13-15H2/t20-/m0/s1. The van der Waals surface area contributed by atoms with Crippen LogP contribution in [0, 0.1) is 17.6 Å². The van der Waals surface area contributed by atoms with Crippen molar-refractivity contribution in [1.82, 2.24) is 4.90 Å². The molecule has 1 saturated carbocycles. The van der Waals surface area contributed by atoms with Gasteiger partial charge >= 0.3 is 0 Å². The van der Waals surface area contributed by atoms with Gasteiger partial charge in [0.1, 0.15) is 11.6 Å². The van der Waals surface area contributed by atoms with Crippen molar-refractivity contribution in [3.05, 3.63) is 71.3 Å². The molecule has 0 aromatic heterocycles. The Hall–Kier alpha value is -2.76. The molecule has 4 rings (SSSR count). The van der Waals surface area contributed by atoms with Gasteiger partial charge in [0.05, 0.1) is 12.3 Å². The van der Waals surface area contributed by atoms with Crippen molar-refractivity contribution in [2.45, 2.75) is 44.8 Å². The van der Waals surface area contributed by atoms with Crippen LogP contribution < -0.4 is 0 Å². The van der Waals surface area contributed by atoms with Crippen LogP contribution in [0.2, 0.25) is 0 Å². The highest BCUT2D eigenvalue weighted by molar-refractivity contribution is 6.01. The van der Waals surface area contributed by atoms with Crippen molar-refractivity contribution >= 4 is 11.6 Å². The molecule has 29 heavy (non-hydrogen) atoms. The van der Waals surface area contributed by atoms with E-state index < -0.39 is 11.6 Å². The summed E-state index contributed by atoms with van der Waals surface area (Å²) < 4.78 is 27.5. The van der Waals surface area contributed by atoms with Gasteiger partial charge in [0.25, 0.3) is 0 Å². The molecule has 4 nitrogen and oxygen atoms in total. The monoisotopic (exact) mass is 398 g/mol. The molecule has 1 heterocycles. The predicted octanol–water partition coefficient (Wildman–Crippen LogP) is 4.68. The molecule has 1 fully saturated rings. The summed E-state index contributed by atoms with van der Waals surface area (Å²) >= 11 is 0. The van der Waals surface area contributed by atoms with E-state index in [1.165, 1.54) is 12.1 Å². The maximum Gasteiger partial charge on any atom is 0.226 e. The van der Waals surface area contributed by atoms with Gasteiger partial charge in [-0.25, -0.2) is 8.78 Å². The minimum atomic E-state index is -0.636. The molecule has 6 heteroatoms. The van der Waals surface area contributed by atoms with Crippen LogP contribution in [0.1, 0.15) is 43.2 Å². The summed E-state index contributed by atoms with van der Waals surface area (Å²) in [7, 11) is 0. The van der Waals surface area contributed by atoms with Gasteiger partial charge in [0.15, 0.2) is 6.10 Å². The molecule has 2 aromatic rings. The van der Waals surface area contributed by atoms with Crippen molar-refractivity contribution in [2.24, 2.45) is 11.1 Å². The highest BCUT2D eigenvalue weighted by Gasteiger charge is 2.32. The number of hydrogen-bond donors (Lipinski definition) is 0. The largest absolute Gasteiger partial charge is 0.390 e. The van der Waals surface area contributed by atoms with Gasteiger partial charge in [0, 0.05) is 30.5 Å². The average Bonchev–Trinajstić information content (AvgIpc) is 3.42. The van der Waals surface area contributed by atoms with E-state index in [2.05, 4.69) is 5.16 Å². The number of rotatable bonds is 6. The zero-order valence-electron chi connectivity index (χ0n) is 16.2. The minimum Gasteiger partial charge on any atom is -0.390 e. The Morgan fingerprint density at radius 2 is 1.86 bits per heavy atom. The van der Waals surface area contributed by atoms with E-state index in [0.29, 0.717) is 18.5 Å². The molecule has 0 unspecified atom stereocenters. The lowest BCUT2D eigenvalue weighted by Gasteiger charge is -2.27. The van der Waals surface area contributed by atoms with E-state index in [1.807, 2.05) is 30.3 Å². The minimum absolute atomic E-state index is 0.0167. The molecule has 0 bridgehead atoms. The quantitative estimate of drug-likeness (QED) is 0.709. The lowest BCUT2D eigenvalue weighted by molar-refractivity contribution is -0.137. The summed E-state index contributed by atoms with van der Waals surface area (Å²) in [5.74, 6) is -1.28. The number of nitrogens with zero attached hydrogens (tertiary/aromatic N) is 2. The Morgan fingerprint density at radius 1 is 1.10 bits per heavy atom. The molecule has 1 aliphatic heterocycles. The summed E-state index contributed by atoms with van der Waals surface area (Å²) in [6, 6.07) is 13.3. The van der Waals surface area contributed by atoms with E-state index >= 15 is 0 Å². The van der Waals surface area contributed by atoms with Crippen molar-refractivity contribution in [2.75, 3.05) is 6.54 Å². The molecule has 2 aliphatic rings. The van der Waals surface area contributed by atoms with Crippen molar-refractivity contribution in [3.8, 4) is 0 Å². The Balaban J connectivity index is 1.47. The molecular weight excluding hydrogens is 374 g/mol. The van der Waals surface area contributed by atoms with Crippen LogP contribution in [0.25, 0.3) is 0 Å². The molecule has 152 valence electrons. The fraction of sp³-hybridized carbons (Fsp3) is 0.391. The van der Waals surface area contributed by atoms with Crippen LogP contribution in [0.5, 0.6) is 0 Å².